The van der Waals surface area contributed by atoms with Gasteiger partial charge >= 0.3 is 0 Å². The van der Waals surface area contributed by atoms with Gasteiger partial charge in [-0.1, -0.05) is 6.92 Å². The molecule has 0 aromatic heterocycles. The number of hydrogen-bond donors (Lipinski definition) is 1. The van der Waals surface area contributed by atoms with Crippen molar-refractivity contribution in [2.24, 2.45) is 17.6 Å². The first kappa shape index (κ1) is 8.72. The molecule has 1 saturated carbocycles. The molecule has 0 amide bonds. The molecule has 11 heavy (non-hydrogen) atoms. The monoisotopic (exact) mass is 155 g/mol. The molecule has 0 bridgehead atoms. The average Bonchev–Trinajstić information content (AvgIpc) is 2.44. The van der Waals surface area contributed by atoms with E-state index in [9.17, 15) is 4.79 Å². The molecule has 64 valence electrons. The van der Waals surface area contributed by atoms with Crippen LogP contribution in [0, 0.1) is 11.8 Å². The molecule has 1 fully saturated rings. The van der Waals surface area contributed by atoms with Crippen LogP contribution in [0.25, 0.3) is 0 Å². The molecule has 0 heterocycles. The summed E-state index contributed by atoms with van der Waals surface area (Å²) in [6, 6.07) is 0. The Hall–Kier alpha value is -0.370. The van der Waals surface area contributed by atoms with Gasteiger partial charge < -0.3 is 5.73 Å². The zero-order valence-corrected chi connectivity index (χ0v) is 7.55. The largest absolute Gasteiger partial charge is 0.319 e. The van der Waals surface area contributed by atoms with E-state index in [0.29, 0.717) is 12.3 Å². The predicted octanol–water partition coefficient (Wildman–Crippen LogP) is 1.34. The topological polar surface area (TPSA) is 43.1 Å². The molecule has 1 aliphatic rings. The van der Waals surface area contributed by atoms with Crippen LogP contribution in [0.1, 0.15) is 33.6 Å². The number of nitrogens with two attached hydrogens (primary N) is 1. The van der Waals surface area contributed by atoms with Crippen LogP contribution in [0.15, 0.2) is 0 Å². The summed E-state index contributed by atoms with van der Waals surface area (Å²) in [5.41, 5.74) is 5.03. The molecule has 1 rings (SSSR count). The minimum Gasteiger partial charge on any atom is -0.319 e. The first-order chi connectivity index (χ1) is 4.91. The van der Waals surface area contributed by atoms with E-state index in [4.69, 9.17) is 5.73 Å². The smallest absolute Gasteiger partial charge is 0.152 e. The second-order valence-corrected chi connectivity index (χ2v) is 4.32. The zero-order valence-electron chi connectivity index (χ0n) is 7.55. The van der Waals surface area contributed by atoms with E-state index >= 15 is 0 Å². The normalized spacial score (nSPS) is 30.2. The molecular formula is C9H17NO. The highest BCUT2D eigenvalue weighted by Crippen LogP contribution is 2.41. The maximum atomic E-state index is 11.3. The van der Waals surface area contributed by atoms with Crippen LogP contribution in [-0.4, -0.2) is 11.3 Å². The summed E-state index contributed by atoms with van der Waals surface area (Å²) in [4.78, 5) is 11.3. The van der Waals surface area contributed by atoms with Gasteiger partial charge in [0.15, 0.2) is 5.78 Å². The van der Waals surface area contributed by atoms with E-state index in [1.807, 2.05) is 0 Å². The van der Waals surface area contributed by atoms with Crippen molar-refractivity contribution in [1.29, 1.82) is 0 Å². The summed E-state index contributed by atoms with van der Waals surface area (Å²) in [6.07, 6.45) is 1.90. The quantitative estimate of drug-likeness (QED) is 0.668. The molecule has 0 radical (unpaired) electrons. The van der Waals surface area contributed by atoms with Gasteiger partial charge in [-0.2, -0.15) is 0 Å². The van der Waals surface area contributed by atoms with Crippen LogP contribution in [0.3, 0.4) is 0 Å². The Bertz CT molecular complexity index is 169. The van der Waals surface area contributed by atoms with E-state index < -0.39 is 5.54 Å². The highest BCUT2D eigenvalue weighted by molar-refractivity contribution is 5.87. The summed E-state index contributed by atoms with van der Waals surface area (Å²) in [5, 5.41) is 0. The molecule has 2 N–H and O–H groups in total. The highest BCUT2D eigenvalue weighted by Gasteiger charge is 2.36. The number of carbonyl (C=O) groups is 1. The molecule has 0 aliphatic heterocycles. The van der Waals surface area contributed by atoms with Gasteiger partial charge in [-0.3, -0.25) is 4.79 Å². The summed E-state index contributed by atoms with van der Waals surface area (Å²) >= 11 is 0. The fraction of sp³-hybridized carbons (Fsp3) is 0.889. The highest BCUT2D eigenvalue weighted by atomic mass is 16.1. The van der Waals surface area contributed by atoms with Crippen LogP contribution in [-0.2, 0) is 4.79 Å². The minimum atomic E-state index is -0.623. The minimum absolute atomic E-state index is 0.201. The van der Waals surface area contributed by atoms with Crippen molar-refractivity contribution >= 4 is 5.78 Å². The molecule has 0 aromatic rings. The van der Waals surface area contributed by atoms with Crippen molar-refractivity contribution in [3.8, 4) is 0 Å². The van der Waals surface area contributed by atoms with Crippen LogP contribution in [0.5, 0.6) is 0 Å². The van der Waals surface area contributed by atoms with E-state index in [2.05, 4.69) is 6.92 Å². The lowest BCUT2D eigenvalue weighted by atomic mass is 9.96. The average molecular weight is 155 g/mol. The van der Waals surface area contributed by atoms with Gasteiger partial charge in [-0.25, -0.2) is 0 Å². The molecule has 2 nitrogen and oxygen atoms in total. The Labute approximate surface area is 68.2 Å². The second-order valence-electron chi connectivity index (χ2n) is 4.32. The maximum absolute atomic E-state index is 11.3. The van der Waals surface area contributed by atoms with Gasteiger partial charge in [0.25, 0.3) is 0 Å². The van der Waals surface area contributed by atoms with Gasteiger partial charge in [0.1, 0.15) is 0 Å². The summed E-state index contributed by atoms with van der Waals surface area (Å²) in [5.74, 6) is 1.58. The zero-order chi connectivity index (χ0) is 8.65. The first-order valence-electron chi connectivity index (χ1n) is 4.23. The number of hydrogen-bond acceptors (Lipinski definition) is 2. The van der Waals surface area contributed by atoms with Gasteiger partial charge in [0.2, 0.25) is 0 Å². The van der Waals surface area contributed by atoms with Gasteiger partial charge in [-0.05, 0) is 32.1 Å². The van der Waals surface area contributed by atoms with E-state index in [1.54, 1.807) is 13.8 Å². The third-order valence-electron chi connectivity index (χ3n) is 2.44. The van der Waals surface area contributed by atoms with Crippen LogP contribution in [0.4, 0.5) is 0 Å². The fourth-order valence-corrected chi connectivity index (χ4v) is 1.18. The number of ketones is 1. The predicted molar refractivity (Wildman–Crippen MR) is 45.2 cm³/mol. The van der Waals surface area contributed by atoms with E-state index in [1.165, 1.54) is 6.42 Å². The molecule has 0 spiro atoms. The molecular weight excluding hydrogens is 138 g/mol. The van der Waals surface area contributed by atoms with Gasteiger partial charge in [0, 0.05) is 6.42 Å². The second kappa shape index (κ2) is 2.59. The van der Waals surface area contributed by atoms with Crippen LogP contribution >= 0.6 is 0 Å². The molecule has 2 unspecified atom stereocenters. The Morgan fingerprint density at radius 1 is 1.64 bits per heavy atom. The standard InChI is InChI=1S/C9H17NO/c1-6-4-7(6)5-8(11)9(2,3)10/h6-7H,4-5,10H2,1-3H3. The number of carbonyl (C=O) groups excluding carboxylic acids is 1. The molecule has 0 saturated heterocycles. The fourth-order valence-electron chi connectivity index (χ4n) is 1.18. The Morgan fingerprint density at radius 3 is 2.36 bits per heavy atom. The SMILES string of the molecule is CC1CC1CC(=O)C(C)(C)N. The van der Waals surface area contributed by atoms with Crippen molar-refractivity contribution in [1.82, 2.24) is 0 Å². The van der Waals surface area contributed by atoms with E-state index in [0.717, 1.165) is 5.92 Å². The van der Waals surface area contributed by atoms with E-state index in [-0.39, 0.29) is 5.78 Å². The Balaban J connectivity index is 2.33. The van der Waals surface area contributed by atoms with Gasteiger partial charge in [-0.15, -0.1) is 0 Å². The summed E-state index contributed by atoms with van der Waals surface area (Å²) < 4.78 is 0. The third-order valence-corrected chi connectivity index (χ3v) is 2.44. The lowest BCUT2D eigenvalue weighted by molar-refractivity contribution is -0.123. The maximum Gasteiger partial charge on any atom is 0.152 e. The molecule has 2 atom stereocenters. The van der Waals surface area contributed by atoms with Crippen molar-refractivity contribution in [3.05, 3.63) is 0 Å². The lowest BCUT2D eigenvalue weighted by Gasteiger charge is -2.16. The lowest BCUT2D eigenvalue weighted by Crippen LogP contribution is -2.41. The molecule has 2 heteroatoms. The Kier molecular flexibility index (Phi) is 2.06. The summed E-state index contributed by atoms with van der Waals surface area (Å²) in [6.45, 7) is 5.74. The van der Waals surface area contributed by atoms with Crippen LogP contribution < -0.4 is 5.73 Å². The first-order valence-corrected chi connectivity index (χ1v) is 4.23. The molecule has 0 aromatic carbocycles. The van der Waals surface area contributed by atoms with Gasteiger partial charge in [0.05, 0.1) is 5.54 Å². The van der Waals surface area contributed by atoms with Crippen molar-refractivity contribution in [2.45, 2.75) is 39.2 Å². The summed E-state index contributed by atoms with van der Waals surface area (Å²) in [7, 11) is 0. The molecule has 1 aliphatic carbocycles. The van der Waals surface area contributed by atoms with Crippen molar-refractivity contribution in [2.75, 3.05) is 0 Å². The third kappa shape index (κ3) is 2.29. The van der Waals surface area contributed by atoms with Crippen molar-refractivity contribution in [3.63, 3.8) is 0 Å². The van der Waals surface area contributed by atoms with Crippen LogP contribution in [0.2, 0.25) is 0 Å². The number of Topliss-reactive ketones (excluding diaryl/α,β-unsaturated/α-hetero) is 1. The number of rotatable bonds is 3. The Morgan fingerprint density at radius 2 is 2.09 bits per heavy atom. The van der Waals surface area contributed by atoms with Crippen molar-refractivity contribution < 1.29 is 4.79 Å².